The van der Waals surface area contributed by atoms with Crippen LogP contribution in [0.25, 0.3) is 0 Å². The van der Waals surface area contributed by atoms with Crippen molar-refractivity contribution in [1.29, 1.82) is 0 Å². The van der Waals surface area contributed by atoms with Crippen LogP contribution in [0.2, 0.25) is 0 Å². The molecule has 0 aromatic heterocycles. The zero-order valence-electron chi connectivity index (χ0n) is 17.0. The van der Waals surface area contributed by atoms with Gasteiger partial charge in [-0.2, -0.15) is 0 Å². The zero-order chi connectivity index (χ0) is 17.4. The van der Waals surface area contributed by atoms with Gasteiger partial charge in [0.15, 0.2) is 0 Å². The van der Waals surface area contributed by atoms with E-state index in [0.29, 0.717) is 5.41 Å². The van der Waals surface area contributed by atoms with Crippen LogP contribution in [0, 0.1) is 11.3 Å². The van der Waals surface area contributed by atoms with Crippen LogP contribution in [0.5, 0.6) is 0 Å². The molecule has 0 N–H and O–H groups in total. The van der Waals surface area contributed by atoms with Crippen molar-refractivity contribution in [2.45, 2.75) is 124 Å². The maximum atomic E-state index is 3.96. The highest BCUT2D eigenvalue weighted by atomic mass is 14.3. The molecule has 0 saturated carbocycles. The van der Waals surface area contributed by atoms with Gasteiger partial charge in [0.2, 0.25) is 0 Å². The summed E-state index contributed by atoms with van der Waals surface area (Å²) in [4.78, 5) is 0. The molecule has 0 bridgehead atoms. The van der Waals surface area contributed by atoms with Crippen LogP contribution in [0.3, 0.4) is 0 Å². The fraction of sp³-hybridized carbons (Fsp3) is 0.913. The Morgan fingerprint density at radius 2 is 1.17 bits per heavy atom. The molecule has 0 radical (unpaired) electrons. The van der Waals surface area contributed by atoms with Gasteiger partial charge in [-0.05, 0) is 24.2 Å². The average molecular weight is 323 g/mol. The van der Waals surface area contributed by atoms with E-state index in [9.17, 15) is 0 Å². The SMILES string of the molecule is C=CCC(CCCCCCCCCCCCCC)C(C)(C)CC. The largest absolute Gasteiger partial charge is 0.103 e. The van der Waals surface area contributed by atoms with E-state index in [4.69, 9.17) is 0 Å². The Balaban J connectivity index is 3.48. The van der Waals surface area contributed by atoms with Crippen molar-refractivity contribution in [2.75, 3.05) is 0 Å². The monoisotopic (exact) mass is 322 g/mol. The predicted molar refractivity (Wildman–Crippen MR) is 108 cm³/mol. The molecule has 0 saturated heterocycles. The van der Waals surface area contributed by atoms with Crippen molar-refractivity contribution in [1.82, 2.24) is 0 Å². The molecule has 1 atom stereocenters. The summed E-state index contributed by atoms with van der Waals surface area (Å²) in [5.74, 6) is 0.827. The number of unbranched alkanes of at least 4 members (excludes halogenated alkanes) is 11. The van der Waals surface area contributed by atoms with Crippen molar-refractivity contribution in [3.8, 4) is 0 Å². The van der Waals surface area contributed by atoms with Crippen molar-refractivity contribution in [3.05, 3.63) is 12.7 Å². The molecule has 0 fully saturated rings. The Bertz CT molecular complexity index is 251. The highest BCUT2D eigenvalue weighted by molar-refractivity contribution is 4.83. The summed E-state index contributed by atoms with van der Waals surface area (Å²) in [6.45, 7) is 13.4. The van der Waals surface area contributed by atoms with Crippen LogP contribution >= 0.6 is 0 Å². The lowest BCUT2D eigenvalue weighted by Crippen LogP contribution is -2.22. The Morgan fingerprint density at radius 1 is 0.739 bits per heavy atom. The summed E-state index contributed by atoms with van der Waals surface area (Å²) >= 11 is 0. The third-order valence-corrected chi connectivity index (χ3v) is 5.87. The van der Waals surface area contributed by atoms with Gasteiger partial charge in [0, 0.05) is 0 Å². The molecule has 138 valence electrons. The lowest BCUT2D eigenvalue weighted by Gasteiger charge is -2.33. The number of rotatable bonds is 17. The van der Waals surface area contributed by atoms with E-state index in [2.05, 4.69) is 40.3 Å². The van der Waals surface area contributed by atoms with Crippen molar-refractivity contribution >= 4 is 0 Å². The van der Waals surface area contributed by atoms with E-state index in [1.807, 2.05) is 0 Å². The molecule has 1 unspecified atom stereocenters. The second-order valence-electron chi connectivity index (χ2n) is 8.24. The quantitative estimate of drug-likeness (QED) is 0.185. The molecule has 0 aromatic carbocycles. The minimum absolute atomic E-state index is 0.478. The van der Waals surface area contributed by atoms with Crippen LogP contribution in [0.4, 0.5) is 0 Å². The summed E-state index contributed by atoms with van der Waals surface area (Å²) < 4.78 is 0. The molecule has 0 nitrogen and oxygen atoms in total. The zero-order valence-corrected chi connectivity index (χ0v) is 17.0. The minimum atomic E-state index is 0.478. The lowest BCUT2D eigenvalue weighted by atomic mass is 9.72. The summed E-state index contributed by atoms with van der Waals surface area (Å²) in [6.07, 6.45) is 23.3. The first-order valence-electron chi connectivity index (χ1n) is 10.7. The molecular formula is C23H46. The van der Waals surface area contributed by atoms with Gasteiger partial charge in [-0.15, -0.1) is 6.58 Å². The molecule has 0 spiro atoms. The summed E-state index contributed by atoms with van der Waals surface area (Å²) in [7, 11) is 0. The maximum absolute atomic E-state index is 3.96. The fourth-order valence-corrected chi connectivity index (χ4v) is 3.55. The highest BCUT2D eigenvalue weighted by Gasteiger charge is 2.25. The van der Waals surface area contributed by atoms with Crippen molar-refractivity contribution in [3.63, 3.8) is 0 Å². The standard InChI is InChI=1S/C23H46/c1-6-9-10-11-12-13-14-15-16-17-18-19-21-22(20-7-2)23(4,5)8-3/h7,22H,2,6,8-21H2,1,3-5H3. The van der Waals surface area contributed by atoms with E-state index in [1.165, 1.54) is 96.3 Å². The highest BCUT2D eigenvalue weighted by Crippen LogP contribution is 2.36. The van der Waals surface area contributed by atoms with Gasteiger partial charge in [0.25, 0.3) is 0 Å². The molecule has 0 heterocycles. The first kappa shape index (κ1) is 22.7. The molecule has 0 aliphatic rings. The first-order chi connectivity index (χ1) is 11.1. The summed E-state index contributed by atoms with van der Waals surface area (Å²) in [6, 6.07) is 0. The van der Waals surface area contributed by atoms with E-state index in [-0.39, 0.29) is 0 Å². The van der Waals surface area contributed by atoms with Crippen LogP contribution in [0.1, 0.15) is 124 Å². The molecule has 0 aromatic rings. The Hall–Kier alpha value is -0.260. The summed E-state index contributed by atoms with van der Waals surface area (Å²) in [5, 5.41) is 0. The van der Waals surface area contributed by atoms with E-state index < -0.39 is 0 Å². The second-order valence-corrected chi connectivity index (χ2v) is 8.24. The number of hydrogen-bond donors (Lipinski definition) is 0. The van der Waals surface area contributed by atoms with Gasteiger partial charge < -0.3 is 0 Å². The molecule has 0 amide bonds. The van der Waals surface area contributed by atoms with Crippen molar-refractivity contribution < 1.29 is 0 Å². The van der Waals surface area contributed by atoms with E-state index >= 15 is 0 Å². The van der Waals surface area contributed by atoms with Gasteiger partial charge in [-0.1, -0.05) is 117 Å². The van der Waals surface area contributed by atoms with Crippen molar-refractivity contribution in [2.24, 2.45) is 11.3 Å². The van der Waals surface area contributed by atoms with Gasteiger partial charge >= 0.3 is 0 Å². The molecule has 0 aliphatic heterocycles. The maximum Gasteiger partial charge on any atom is -0.0320 e. The smallest absolute Gasteiger partial charge is 0.0320 e. The predicted octanol–water partition coefficient (Wildman–Crippen LogP) is 8.71. The molecule has 0 heteroatoms. The van der Waals surface area contributed by atoms with E-state index in [1.54, 1.807) is 0 Å². The first-order valence-corrected chi connectivity index (χ1v) is 10.7. The topological polar surface area (TPSA) is 0 Å². The lowest BCUT2D eigenvalue weighted by molar-refractivity contribution is 0.188. The Morgan fingerprint density at radius 3 is 1.57 bits per heavy atom. The fourth-order valence-electron chi connectivity index (χ4n) is 3.55. The van der Waals surface area contributed by atoms with Gasteiger partial charge in [-0.25, -0.2) is 0 Å². The third-order valence-electron chi connectivity index (χ3n) is 5.87. The van der Waals surface area contributed by atoms with E-state index in [0.717, 1.165) is 5.92 Å². The third kappa shape index (κ3) is 12.8. The van der Waals surface area contributed by atoms with Crippen LogP contribution in [-0.4, -0.2) is 0 Å². The molecule has 23 heavy (non-hydrogen) atoms. The second kappa shape index (κ2) is 15.3. The normalized spacial score (nSPS) is 13.2. The van der Waals surface area contributed by atoms with Crippen LogP contribution in [-0.2, 0) is 0 Å². The van der Waals surface area contributed by atoms with Crippen LogP contribution in [0.15, 0.2) is 12.7 Å². The number of allylic oxidation sites excluding steroid dienone is 1. The molecule has 0 rings (SSSR count). The molecule has 0 aliphatic carbocycles. The van der Waals surface area contributed by atoms with Crippen LogP contribution < -0.4 is 0 Å². The van der Waals surface area contributed by atoms with Gasteiger partial charge in [0.1, 0.15) is 0 Å². The summed E-state index contributed by atoms with van der Waals surface area (Å²) in [5.41, 5.74) is 0.478. The minimum Gasteiger partial charge on any atom is -0.103 e. The average Bonchev–Trinajstić information content (AvgIpc) is 2.54. The van der Waals surface area contributed by atoms with Gasteiger partial charge in [0.05, 0.1) is 0 Å². The Kier molecular flexibility index (Phi) is 15.1. The number of hydrogen-bond acceptors (Lipinski definition) is 0. The van der Waals surface area contributed by atoms with Gasteiger partial charge in [-0.3, -0.25) is 0 Å². The Labute approximate surface area is 148 Å². The molecular weight excluding hydrogens is 276 g/mol.